The Morgan fingerprint density at radius 1 is 1.36 bits per heavy atom. The van der Waals surface area contributed by atoms with Crippen LogP contribution in [0.5, 0.6) is 0 Å². The molecule has 1 aliphatic rings. The summed E-state index contributed by atoms with van der Waals surface area (Å²) in [5, 5.41) is 0. The van der Waals surface area contributed by atoms with E-state index in [1.807, 2.05) is 6.07 Å². The number of hydrogen-bond donors (Lipinski definition) is 1. The minimum absolute atomic E-state index is 0. The smallest absolute Gasteiger partial charge is 0.123 e. The van der Waals surface area contributed by atoms with Crippen molar-refractivity contribution in [3.8, 4) is 0 Å². The predicted molar refractivity (Wildman–Crippen MR) is 57.9 cm³/mol. The molecule has 1 saturated carbocycles. The molecule has 0 unspecified atom stereocenters. The van der Waals surface area contributed by atoms with Gasteiger partial charge in [0.1, 0.15) is 5.82 Å². The van der Waals surface area contributed by atoms with Crippen LogP contribution in [0.3, 0.4) is 0 Å². The van der Waals surface area contributed by atoms with Crippen molar-refractivity contribution in [3.63, 3.8) is 0 Å². The molecule has 0 saturated heterocycles. The van der Waals surface area contributed by atoms with E-state index in [0.29, 0.717) is 5.92 Å². The molecular formula is C11H15ClFN. The highest BCUT2D eigenvalue weighted by atomic mass is 35.5. The van der Waals surface area contributed by atoms with E-state index in [0.717, 1.165) is 5.56 Å². The number of benzene rings is 1. The Morgan fingerprint density at radius 2 is 2.07 bits per heavy atom. The molecule has 1 aromatic carbocycles. The Labute approximate surface area is 89.9 Å². The van der Waals surface area contributed by atoms with Crippen LogP contribution in [-0.4, -0.2) is 0 Å². The molecular weight excluding hydrogens is 201 g/mol. The zero-order valence-corrected chi connectivity index (χ0v) is 8.77. The molecule has 0 aromatic heterocycles. The van der Waals surface area contributed by atoms with Crippen molar-refractivity contribution in [2.45, 2.75) is 25.3 Å². The van der Waals surface area contributed by atoms with Gasteiger partial charge in [-0.05, 0) is 36.5 Å². The van der Waals surface area contributed by atoms with E-state index < -0.39 is 0 Å². The van der Waals surface area contributed by atoms with Gasteiger partial charge in [-0.2, -0.15) is 0 Å². The van der Waals surface area contributed by atoms with Crippen molar-refractivity contribution in [1.82, 2.24) is 0 Å². The van der Waals surface area contributed by atoms with Gasteiger partial charge in [0, 0.05) is 6.04 Å². The monoisotopic (exact) mass is 215 g/mol. The van der Waals surface area contributed by atoms with Crippen molar-refractivity contribution in [3.05, 3.63) is 35.6 Å². The first-order chi connectivity index (χ1) is 6.27. The van der Waals surface area contributed by atoms with E-state index >= 15 is 0 Å². The van der Waals surface area contributed by atoms with Gasteiger partial charge in [-0.25, -0.2) is 4.39 Å². The molecule has 3 heteroatoms. The Bertz CT molecular complexity index is 299. The van der Waals surface area contributed by atoms with E-state index in [9.17, 15) is 4.39 Å². The third kappa shape index (κ3) is 2.25. The van der Waals surface area contributed by atoms with Crippen LogP contribution in [-0.2, 0) is 0 Å². The van der Waals surface area contributed by atoms with E-state index in [1.54, 1.807) is 12.1 Å². The minimum atomic E-state index is -0.188. The molecule has 14 heavy (non-hydrogen) atoms. The van der Waals surface area contributed by atoms with Gasteiger partial charge in [0.25, 0.3) is 0 Å². The lowest BCUT2D eigenvalue weighted by Gasteiger charge is -2.31. The summed E-state index contributed by atoms with van der Waals surface area (Å²) >= 11 is 0. The van der Waals surface area contributed by atoms with E-state index in [-0.39, 0.29) is 24.3 Å². The number of nitrogens with two attached hydrogens (primary N) is 1. The molecule has 2 N–H and O–H groups in total. The maximum Gasteiger partial charge on any atom is 0.123 e. The molecule has 1 atom stereocenters. The summed E-state index contributed by atoms with van der Waals surface area (Å²) < 4.78 is 12.9. The summed E-state index contributed by atoms with van der Waals surface area (Å²) in [6, 6.07) is 6.67. The summed E-state index contributed by atoms with van der Waals surface area (Å²) in [6.07, 6.45) is 3.66. The first-order valence-corrected chi connectivity index (χ1v) is 4.78. The van der Waals surface area contributed by atoms with Gasteiger partial charge < -0.3 is 5.73 Å². The second-order valence-corrected chi connectivity index (χ2v) is 3.77. The van der Waals surface area contributed by atoms with Crippen LogP contribution < -0.4 is 5.73 Å². The predicted octanol–water partition coefficient (Wildman–Crippen LogP) is 3.05. The molecule has 0 amide bonds. The van der Waals surface area contributed by atoms with Gasteiger partial charge in [0.2, 0.25) is 0 Å². The molecule has 1 aromatic rings. The molecule has 0 radical (unpaired) electrons. The Morgan fingerprint density at radius 3 is 2.57 bits per heavy atom. The lowest BCUT2D eigenvalue weighted by molar-refractivity contribution is 0.264. The number of hydrogen-bond acceptors (Lipinski definition) is 1. The normalized spacial score (nSPS) is 18.1. The van der Waals surface area contributed by atoms with Gasteiger partial charge in [-0.1, -0.05) is 18.6 Å². The third-order valence-electron chi connectivity index (χ3n) is 2.89. The number of rotatable bonds is 2. The van der Waals surface area contributed by atoms with Crippen LogP contribution in [0.2, 0.25) is 0 Å². The molecule has 78 valence electrons. The Kier molecular flexibility index (Phi) is 3.90. The van der Waals surface area contributed by atoms with Gasteiger partial charge in [0.05, 0.1) is 0 Å². The summed E-state index contributed by atoms with van der Waals surface area (Å²) in [5.74, 6) is 0.383. The SMILES string of the molecule is Cl.N[C@H](c1cccc(F)c1)C1CCC1. The number of halogens is 2. The molecule has 0 spiro atoms. The van der Waals surface area contributed by atoms with Gasteiger partial charge in [-0.3, -0.25) is 0 Å². The highest BCUT2D eigenvalue weighted by Crippen LogP contribution is 2.36. The molecule has 1 aliphatic carbocycles. The van der Waals surface area contributed by atoms with E-state index in [1.165, 1.54) is 25.3 Å². The largest absolute Gasteiger partial charge is 0.324 e. The highest BCUT2D eigenvalue weighted by molar-refractivity contribution is 5.85. The Hall–Kier alpha value is -0.600. The zero-order valence-electron chi connectivity index (χ0n) is 7.95. The summed E-state index contributed by atoms with van der Waals surface area (Å²) in [4.78, 5) is 0. The zero-order chi connectivity index (χ0) is 9.26. The molecule has 0 aliphatic heterocycles. The molecule has 0 heterocycles. The van der Waals surface area contributed by atoms with Gasteiger partial charge in [0.15, 0.2) is 0 Å². The first-order valence-electron chi connectivity index (χ1n) is 4.78. The fraction of sp³-hybridized carbons (Fsp3) is 0.455. The fourth-order valence-electron chi connectivity index (χ4n) is 1.79. The summed E-state index contributed by atoms with van der Waals surface area (Å²) in [6.45, 7) is 0. The second kappa shape index (κ2) is 4.76. The van der Waals surface area contributed by atoms with Crippen LogP contribution in [0, 0.1) is 11.7 Å². The average Bonchev–Trinajstić information content (AvgIpc) is 2.01. The van der Waals surface area contributed by atoms with Crippen LogP contribution in [0.1, 0.15) is 30.9 Å². The third-order valence-corrected chi connectivity index (χ3v) is 2.89. The lowest BCUT2D eigenvalue weighted by atomic mass is 9.77. The fourth-order valence-corrected chi connectivity index (χ4v) is 1.79. The van der Waals surface area contributed by atoms with Crippen molar-refractivity contribution in [2.24, 2.45) is 11.7 Å². The van der Waals surface area contributed by atoms with Crippen LogP contribution >= 0.6 is 12.4 Å². The molecule has 2 rings (SSSR count). The Balaban J connectivity index is 0.000000980. The quantitative estimate of drug-likeness (QED) is 0.807. The summed E-state index contributed by atoms with van der Waals surface area (Å²) in [5.41, 5.74) is 6.94. The van der Waals surface area contributed by atoms with E-state index in [2.05, 4.69) is 0 Å². The average molecular weight is 216 g/mol. The van der Waals surface area contributed by atoms with Crippen LogP contribution in [0.4, 0.5) is 4.39 Å². The van der Waals surface area contributed by atoms with Crippen molar-refractivity contribution in [1.29, 1.82) is 0 Å². The van der Waals surface area contributed by atoms with Gasteiger partial charge in [-0.15, -0.1) is 12.4 Å². The van der Waals surface area contributed by atoms with Gasteiger partial charge >= 0.3 is 0 Å². The molecule has 0 bridgehead atoms. The maximum absolute atomic E-state index is 12.9. The maximum atomic E-state index is 12.9. The van der Waals surface area contributed by atoms with Crippen LogP contribution in [0.15, 0.2) is 24.3 Å². The molecule has 1 nitrogen and oxygen atoms in total. The first kappa shape index (κ1) is 11.5. The van der Waals surface area contributed by atoms with Crippen molar-refractivity contribution < 1.29 is 4.39 Å². The van der Waals surface area contributed by atoms with E-state index in [4.69, 9.17) is 5.73 Å². The van der Waals surface area contributed by atoms with Crippen molar-refractivity contribution >= 4 is 12.4 Å². The molecule has 1 fully saturated rings. The minimum Gasteiger partial charge on any atom is -0.324 e. The topological polar surface area (TPSA) is 26.0 Å². The van der Waals surface area contributed by atoms with Crippen molar-refractivity contribution in [2.75, 3.05) is 0 Å². The lowest BCUT2D eigenvalue weighted by Crippen LogP contribution is -2.26. The standard InChI is InChI=1S/C11H14FN.ClH/c12-10-6-2-5-9(7-10)11(13)8-3-1-4-8;/h2,5-8,11H,1,3-4,13H2;1H/t11-;/m0./s1. The second-order valence-electron chi connectivity index (χ2n) is 3.77. The van der Waals surface area contributed by atoms with Crippen LogP contribution in [0.25, 0.3) is 0 Å². The highest BCUT2D eigenvalue weighted by Gasteiger charge is 2.25. The summed E-state index contributed by atoms with van der Waals surface area (Å²) in [7, 11) is 0.